The van der Waals surface area contributed by atoms with Crippen molar-refractivity contribution in [2.75, 3.05) is 23.7 Å². The molecule has 0 fully saturated rings. The van der Waals surface area contributed by atoms with Crippen LogP contribution in [0.15, 0.2) is 87.8 Å². The predicted octanol–water partition coefficient (Wildman–Crippen LogP) is 5.53. The van der Waals surface area contributed by atoms with Crippen LogP contribution in [0.3, 0.4) is 0 Å². The van der Waals surface area contributed by atoms with Crippen LogP contribution >= 0.6 is 31.9 Å². The van der Waals surface area contributed by atoms with E-state index in [9.17, 15) is 18.0 Å². The van der Waals surface area contributed by atoms with Crippen molar-refractivity contribution >= 4 is 59.4 Å². The number of benzene rings is 3. The Kier molecular flexibility index (Phi) is 11.6. The number of halogens is 2. The summed E-state index contributed by atoms with van der Waals surface area (Å²) in [5.41, 5.74) is 2.07. The molecule has 0 saturated heterocycles. The molecule has 0 aliphatic heterocycles. The van der Waals surface area contributed by atoms with Crippen LogP contribution in [0.25, 0.3) is 0 Å². The first kappa shape index (κ1) is 30.8. The van der Waals surface area contributed by atoms with E-state index in [-0.39, 0.29) is 18.9 Å². The van der Waals surface area contributed by atoms with E-state index < -0.39 is 28.5 Å². The Hall–Kier alpha value is -2.69. The SMILES string of the molecule is CCCCNC(=O)[C@H](Cc1ccccc1)N(Cc1cccc(Br)c1)C(=O)CN(c1ccc(Br)cc1)S(C)(=O)=O. The first-order valence-corrected chi connectivity index (χ1v) is 16.1. The standard InChI is InChI=1S/C29H33Br2N3O4S/c1-3-4-17-32-29(36)27(19-22-9-6-5-7-10-22)33(20-23-11-8-12-25(31)18-23)28(35)21-34(39(2,37)38)26-15-13-24(30)14-16-26/h5-16,18,27H,3-4,17,19-21H2,1-2H3,(H,32,36)/t27-/m0/s1. The van der Waals surface area contributed by atoms with Crippen molar-refractivity contribution in [3.63, 3.8) is 0 Å². The third-order valence-electron chi connectivity index (χ3n) is 6.14. The summed E-state index contributed by atoms with van der Waals surface area (Å²) in [5.74, 6) is -0.750. The highest BCUT2D eigenvalue weighted by Gasteiger charge is 2.33. The second-order valence-corrected chi connectivity index (χ2v) is 13.0. The Morgan fingerprint density at radius 2 is 1.56 bits per heavy atom. The lowest BCUT2D eigenvalue weighted by Crippen LogP contribution is -2.53. The lowest BCUT2D eigenvalue weighted by Gasteiger charge is -2.33. The van der Waals surface area contributed by atoms with E-state index in [2.05, 4.69) is 37.2 Å². The molecule has 3 rings (SSSR count). The molecule has 3 aromatic carbocycles. The molecule has 1 atom stereocenters. The molecular weight excluding hydrogens is 646 g/mol. The van der Waals surface area contributed by atoms with Gasteiger partial charge in [-0.25, -0.2) is 8.42 Å². The monoisotopic (exact) mass is 677 g/mol. The van der Waals surface area contributed by atoms with Gasteiger partial charge in [0.05, 0.1) is 11.9 Å². The molecule has 1 N–H and O–H groups in total. The molecule has 0 aliphatic rings. The number of hydrogen-bond acceptors (Lipinski definition) is 4. The Morgan fingerprint density at radius 3 is 2.18 bits per heavy atom. The number of hydrogen-bond donors (Lipinski definition) is 1. The Bertz CT molecular complexity index is 1350. The Morgan fingerprint density at radius 1 is 0.897 bits per heavy atom. The number of carbonyl (C=O) groups excluding carboxylic acids is 2. The fraction of sp³-hybridized carbons (Fsp3) is 0.310. The molecule has 0 spiro atoms. The maximum atomic E-state index is 14.0. The molecule has 0 aliphatic carbocycles. The molecule has 0 unspecified atom stereocenters. The topological polar surface area (TPSA) is 86.8 Å². The lowest BCUT2D eigenvalue weighted by molar-refractivity contribution is -0.140. The summed E-state index contributed by atoms with van der Waals surface area (Å²) in [4.78, 5) is 29.1. The van der Waals surface area contributed by atoms with Gasteiger partial charge in [-0.2, -0.15) is 0 Å². The van der Waals surface area contributed by atoms with Crippen molar-refractivity contribution in [2.24, 2.45) is 0 Å². The summed E-state index contributed by atoms with van der Waals surface area (Å²) in [6.07, 6.45) is 3.09. The van der Waals surface area contributed by atoms with Gasteiger partial charge in [-0.05, 0) is 53.9 Å². The van der Waals surface area contributed by atoms with Crippen molar-refractivity contribution in [3.8, 4) is 0 Å². The largest absolute Gasteiger partial charge is 0.354 e. The van der Waals surface area contributed by atoms with E-state index in [0.717, 1.165) is 43.5 Å². The average molecular weight is 679 g/mol. The summed E-state index contributed by atoms with van der Waals surface area (Å²) in [6, 6.07) is 22.9. The smallest absolute Gasteiger partial charge is 0.244 e. The highest BCUT2D eigenvalue weighted by Crippen LogP contribution is 2.23. The Balaban J connectivity index is 2.02. The molecule has 208 valence electrons. The van der Waals surface area contributed by atoms with Crippen LogP contribution in [0.1, 0.15) is 30.9 Å². The minimum Gasteiger partial charge on any atom is -0.354 e. The lowest BCUT2D eigenvalue weighted by atomic mass is 10.0. The van der Waals surface area contributed by atoms with E-state index in [0.29, 0.717) is 12.2 Å². The predicted molar refractivity (Wildman–Crippen MR) is 163 cm³/mol. The summed E-state index contributed by atoms with van der Waals surface area (Å²) >= 11 is 6.84. The zero-order valence-electron chi connectivity index (χ0n) is 22.0. The Labute approximate surface area is 247 Å². The average Bonchev–Trinajstić information content (AvgIpc) is 2.90. The molecule has 0 heterocycles. The molecule has 0 aromatic heterocycles. The summed E-state index contributed by atoms with van der Waals surface area (Å²) < 4.78 is 28.3. The van der Waals surface area contributed by atoms with Crippen molar-refractivity contribution in [2.45, 2.75) is 38.8 Å². The quantitative estimate of drug-likeness (QED) is 0.241. The van der Waals surface area contributed by atoms with E-state index >= 15 is 0 Å². The number of rotatable bonds is 13. The van der Waals surface area contributed by atoms with Gasteiger partial charge >= 0.3 is 0 Å². The zero-order valence-corrected chi connectivity index (χ0v) is 26.0. The van der Waals surface area contributed by atoms with Gasteiger partial charge in [0.15, 0.2) is 0 Å². The number of unbranched alkanes of at least 4 members (excludes halogenated alkanes) is 1. The van der Waals surface area contributed by atoms with Gasteiger partial charge in [-0.1, -0.05) is 87.7 Å². The van der Waals surface area contributed by atoms with E-state index in [1.165, 1.54) is 4.90 Å². The number of nitrogens with zero attached hydrogens (tertiary/aromatic N) is 2. The number of anilines is 1. The zero-order chi connectivity index (χ0) is 28.4. The van der Waals surface area contributed by atoms with Crippen LogP contribution in [0.4, 0.5) is 5.69 Å². The van der Waals surface area contributed by atoms with Gasteiger partial charge in [0.25, 0.3) is 0 Å². The van der Waals surface area contributed by atoms with Crippen molar-refractivity contribution < 1.29 is 18.0 Å². The summed E-state index contributed by atoms with van der Waals surface area (Å²) in [6.45, 7) is 2.23. The van der Waals surface area contributed by atoms with Crippen LogP contribution in [-0.4, -0.2) is 50.5 Å². The molecule has 39 heavy (non-hydrogen) atoms. The van der Waals surface area contributed by atoms with Crippen LogP contribution in [-0.2, 0) is 32.6 Å². The van der Waals surface area contributed by atoms with Gasteiger partial charge in [-0.15, -0.1) is 0 Å². The molecule has 3 aromatic rings. The number of carbonyl (C=O) groups is 2. The van der Waals surface area contributed by atoms with Gasteiger partial charge in [0.2, 0.25) is 21.8 Å². The number of sulfonamides is 1. The first-order valence-electron chi connectivity index (χ1n) is 12.7. The first-order chi connectivity index (χ1) is 18.6. The summed E-state index contributed by atoms with van der Waals surface area (Å²) in [5, 5.41) is 2.98. The number of nitrogens with one attached hydrogen (secondary N) is 1. The maximum absolute atomic E-state index is 14.0. The normalized spacial score (nSPS) is 12.0. The van der Waals surface area contributed by atoms with Crippen molar-refractivity contribution in [3.05, 3.63) is 98.9 Å². The van der Waals surface area contributed by atoms with Gasteiger partial charge in [0.1, 0.15) is 12.6 Å². The van der Waals surface area contributed by atoms with Gasteiger partial charge in [-0.3, -0.25) is 13.9 Å². The van der Waals surface area contributed by atoms with Crippen molar-refractivity contribution in [1.82, 2.24) is 10.2 Å². The molecule has 0 bridgehead atoms. The van der Waals surface area contributed by atoms with Gasteiger partial charge in [0, 0.05) is 28.5 Å². The molecule has 0 radical (unpaired) electrons. The fourth-order valence-electron chi connectivity index (χ4n) is 4.11. The molecule has 7 nitrogen and oxygen atoms in total. The van der Waals surface area contributed by atoms with Crippen molar-refractivity contribution in [1.29, 1.82) is 0 Å². The minimum absolute atomic E-state index is 0.134. The molecule has 2 amide bonds. The van der Waals surface area contributed by atoms with E-state index in [1.807, 2.05) is 61.5 Å². The highest BCUT2D eigenvalue weighted by atomic mass is 79.9. The number of amides is 2. The van der Waals surface area contributed by atoms with E-state index in [4.69, 9.17) is 0 Å². The van der Waals surface area contributed by atoms with Crippen LogP contribution in [0.5, 0.6) is 0 Å². The third-order valence-corrected chi connectivity index (χ3v) is 8.30. The molecular formula is C29H33Br2N3O4S. The third kappa shape index (κ3) is 9.47. The summed E-state index contributed by atoms with van der Waals surface area (Å²) in [7, 11) is -3.80. The van der Waals surface area contributed by atoms with E-state index in [1.54, 1.807) is 24.3 Å². The minimum atomic E-state index is -3.80. The fourth-order valence-corrected chi connectivity index (χ4v) is 5.67. The molecule has 10 heteroatoms. The van der Waals surface area contributed by atoms with Crippen LogP contribution in [0, 0.1) is 0 Å². The molecule has 0 saturated carbocycles. The second kappa shape index (κ2) is 14.6. The second-order valence-electron chi connectivity index (χ2n) is 9.25. The maximum Gasteiger partial charge on any atom is 0.244 e. The van der Waals surface area contributed by atoms with Gasteiger partial charge < -0.3 is 10.2 Å². The highest BCUT2D eigenvalue weighted by molar-refractivity contribution is 9.10. The van der Waals surface area contributed by atoms with Crippen LogP contribution in [0.2, 0.25) is 0 Å². The van der Waals surface area contributed by atoms with Crippen LogP contribution < -0.4 is 9.62 Å².